The number of piperazine rings is 1. The maximum Gasteiger partial charge on any atom is 0.249 e. The first-order valence-corrected chi connectivity index (χ1v) is 16.0. The van der Waals surface area contributed by atoms with Crippen molar-refractivity contribution in [1.29, 1.82) is 0 Å². The second-order valence-corrected chi connectivity index (χ2v) is 12.2. The average molecular weight is 623 g/mol. The van der Waals surface area contributed by atoms with Gasteiger partial charge in [-0.25, -0.2) is 9.50 Å². The van der Waals surface area contributed by atoms with Gasteiger partial charge in [0, 0.05) is 85.6 Å². The summed E-state index contributed by atoms with van der Waals surface area (Å²) in [7, 11) is 0. The van der Waals surface area contributed by atoms with Gasteiger partial charge in [0.2, 0.25) is 11.8 Å². The smallest absolute Gasteiger partial charge is 0.249 e. The van der Waals surface area contributed by atoms with Crippen LogP contribution < -0.4 is 15.5 Å². The average Bonchev–Trinajstić information content (AvgIpc) is 3.54. The van der Waals surface area contributed by atoms with Crippen molar-refractivity contribution >= 4 is 39.7 Å². The SMILES string of the molecule is O=C1CCC(Nc2ccc(CN3CCN(c4ccc(-c5cnc6c(-c7ccnc8ccccc78)cnn6c5)cc4)CC3)cc2)C(=O)N1. The summed E-state index contributed by atoms with van der Waals surface area (Å²) < 4.78 is 1.86. The summed E-state index contributed by atoms with van der Waals surface area (Å²) in [6.07, 6.45) is 8.57. The molecule has 2 aliphatic rings. The molecule has 0 bridgehead atoms. The molecular formula is C37H34N8O2. The van der Waals surface area contributed by atoms with E-state index in [9.17, 15) is 9.59 Å². The molecule has 10 nitrogen and oxygen atoms in total. The molecule has 0 radical (unpaired) electrons. The van der Waals surface area contributed by atoms with Gasteiger partial charge in [-0.2, -0.15) is 5.10 Å². The summed E-state index contributed by atoms with van der Waals surface area (Å²) in [5.41, 5.74) is 9.30. The number of hydrogen-bond acceptors (Lipinski definition) is 8. The summed E-state index contributed by atoms with van der Waals surface area (Å²) in [5.74, 6) is -0.456. The van der Waals surface area contributed by atoms with Crippen molar-refractivity contribution in [1.82, 2.24) is 29.8 Å². The van der Waals surface area contributed by atoms with Gasteiger partial charge in [0.1, 0.15) is 6.04 Å². The van der Waals surface area contributed by atoms with E-state index in [2.05, 4.69) is 73.0 Å². The number of aromatic nitrogens is 4. The third-order valence-corrected chi connectivity index (χ3v) is 9.17. The van der Waals surface area contributed by atoms with Gasteiger partial charge in [0.15, 0.2) is 5.65 Å². The minimum Gasteiger partial charge on any atom is -0.374 e. The molecule has 1 atom stereocenters. The maximum absolute atomic E-state index is 12.1. The number of piperidine rings is 1. The van der Waals surface area contributed by atoms with E-state index < -0.39 is 0 Å². The number of para-hydroxylation sites is 1. The maximum atomic E-state index is 12.1. The molecule has 0 spiro atoms. The van der Waals surface area contributed by atoms with Gasteiger partial charge in [-0.15, -0.1) is 0 Å². The topological polar surface area (TPSA) is 108 Å². The lowest BCUT2D eigenvalue weighted by molar-refractivity contribution is -0.133. The minimum absolute atomic E-state index is 0.202. The highest BCUT2D eigenvalue weighted by atomic mass is 16.2. The zero-order valence-electron chi connectivity index (χ0n) is 25.8. The highest BCUT2D eigenvalue weighted by Gasteiger charge is 2.26. The Bertz CT molecular complexity index is 2080. The van der Waals surface area contributed by atoms with Crippen molar-refractivity contribution in [2.24, 2.45) is 0 Å². The molecule has 234 valence electrons. The molecule has 0 saturated carbocycles. The van der Waals surface area contributed by atoms with Crippen molar-refractivity contribution in [2.45, 2.75) is 25.4 Å². The first kappa shape index (κ1) is 28.8. The van der Waals surface area contributed by atoms with Crippen LogP contribution in [0.1, 0.15) is 18.4 Å². The Hall–Kier alpha value is -5.61. The fraction of sp³-hybridized carbons (Fsp3) is 0.216. The molecule has 2 amide bonds. The van der Waals surface area contributed by atoms with Crippen LogP contribution in [-0.2, 0) is 16.1 Å². The van der Waals surface area contributed by atoms with Crippen LogP contribution in [0.3, 0.4) is 0 Å². The lowest BCUT2D eigenvalue weighted by atomic mass is 10.0. The van der Waals surface area contributed by atoms with Gasteiger partial charge in [-0.3, -0.25) is 24.8 Å². The van der Waals surface area contributed by atoms with Crippen molar-refractivity contribution in [3.8, 4) is 22.3 Å². The van der Waals surface area contributed by atoms with Gasteiger partial charge < -0.3 is 10.2 Å². The monoisotopic (exact) mass is 622 g/mol. The Morgan fingerprint density at radius 3 is 2.43 bits per heavy atom. The molecule has 2 saturated heterocycles. The fourth-order valence-corrected chi connectivity index (χ4v) is 6.57. The molecule has 6 aromatic rings. The molecule has 2 N–H and O–H groups in total. The van der Waals surface area contributed by atoms with Crippen molar-refractivity contribution in [2.75, 3.05) is 36.4 Å². The fourth-order valence-electron chi connectivity index (χ4n) is 6.57. The second kappa shape index (κ2) is 12.3. The van der Waals surface area contributed by atoms with Crippen LogP contribution >= 0.6 is 0 Å². The van der Waals surface area contributed by atoms with Crippen LogP contribution in [-0.4, -0.2) is 68.5 Å². The van der Waals surface area contributed by atoms with Crippen molar-refractivity contribution in [3.05, 3.63) is 109 Å². The van der Waals surface area contributed by atoms with E-state index in [1.807, 2.05) is 65.7 Å². The third-order valence-electron chi connectivity index (χ3n) is 9.17. The molecule has 5 heterocycles. The van der Waals surface area contributed by atoms with E-state index in [0.29, 0.717) is 12.8 Å². The van der Waals surface area contributed by atoms with Gasteiger partial charge in [0.25, 0.3) is 0 Å². The number of imide groups is 1. The van der Waals surface area contributed by atoms with Crippen molar-refractivity contribution < 1.29 is 9.59 Å². The van der Waals surface area contributed by atoms with E-state index in [1.54, 1.807) is 0 Å². The van der Waals surface area contributed by atoms with Gasteiger partial charge >= 0.3 is 0 Å². The van der Waals surface area contributed by atoms with Crippen LogP contribution in [0.15, 0.2) is 104 Å². The van der Waals surface area contributed by atoms with E-state index in [-0.39, 0.29) is 17.9 Å². The minimum atomic E-state index is -0.370. The Morgan fingerprint density at radius 1 is 0.809 bits per heavy atom. The first-order valence-electron chi connectivity index (χ1n) is 16.0. The number of benzene rings is 3. The third kappa shape index (κ3) is 5.91. The molecule has 0 aliphatic carbocycles. The van der Waals surface area contributed by atoms with Crippen LogP contribution in [0.2, 0.25) is 0 Å². The number of pyridine rings is 1. The van der Waals surface area contributed by atoms with E-state index in [1.165, 1.54) is 11.3 Å². The number of hydrogen-bond donors (Lipinski definition) is 2. The number of amides is 2. The van der Waals surface area contributed by atoms with E-state index in [4.69, 9.17) is 4.98 Å². The Balaban J connectivity index is 0.880. The van der Waals surface area contributed by atoms with Crippen LogP contribution in [0.25, 0.3) is 38.8 Å². The second-order valence-electron chi connectivity index (χ2n) is 12.2. The Labute approximate surface area is 272 Å². The Morgan fingerprint density at radius 2 is 1.62 bits per heavy atom. The lowest BCUT2D eigenvalue weighted by Crippen LogP contribution is -2.47. The summed E-state index contributed by atoms with van der Waals surface area (Å²) in [6, 6.07) is 26.7. The molecule has 3 aromatic carbocycles. The van der Waals surface area contributed by atoms with Gasteiger partial charge in [-0.05, 0) is 59.5 Å². The number of nitrogens with zero attached hydrogens (tertiary/aromatic N) is 6. The normalized spacial score (nSPS) is 17.3. The van der Waals surface area contributed by atoms with Crippen LogP contribution in [0.5, 0.6) is 0 Å². The summed E-state index contributed by atoms with van der Waals surface area (Å²) in [5, 5.41) is 11.4. The van der Waals surface area contributed by atoms with Crippen LogP contribution in [0, 0.1) is 0 Å². The van der Waals surface area contributed by atoms with Crippen LogP contribution in [0.4, 0.5) is 11.4 Å². The molecule has 3 aromatic heterocycles. The predicted molar refractivity (Wildman–Crippen MR) is 183 cm³/mol. The standard InChI is InChI=1S/C37H34N8O2/c46-35-14-13-34(37(47)42-35)41-28-9-5-25(6-10-28)23-43-17-19-44(20-18-43)29-11-7-26(8-12-29)27-21-39-36-32(22-40-45(36)24-27)30-15-16-38-33-4-2-1-3-31(30)33/h1-12,15-16,21-22,24,34,41H,13-14,17-20,23H2,(H,42,46,47). The molecular weight excluding hydrogens is 588 g/mol. The molecule has 47 heavy (non-hydrogen) atoms. The summed E-state index contributed by atoms with van der Waals surface area (Å²) in [4.78, 5) is 37.7. The highest BCUT2D eigenvalue weighted by Crippen LogP contribution is 2.31. The van der Waals surface area contributed by atoms with Gasteiger partial charge in [0.05, 0.1) is 11.7 Å². The van der Waals surface area contributed by atoms with E-state index in [0.717, 1.165) is 77.2 Å². The number of carbonyl (C=O) groups excluding carboxylic acids is 2. The zero-order chi connectivity index (χ0) is 31.7. The van der Waals surface area contributed by atoms with Gasteiger partial charge in [-0.1, -0.05) is 42.5 Å². The number of carbonyl (C=O) groups is 2. The molecule has 2 aliphatic heterocycles. The van der Waals surface area contributed by atoms with Crippen molar-refractivity contribution in [3.63, 3.8) is 0 Å². The number of nitrogens with one attached hydrogen (secondary N) is 2. The molecule has 8 rings (SSSR count). The largest absolute Gasteiger partial charge is 0.374 e. The quantitative estimate of drug-likeness (QED) is 0.236. The number of anilines is 2. The summed E-state index contributed by atoms with van der Waals surface area (Å²) >= 11 is 0. The number of rotatable bonds is 7. The highest BCUT2D eigenvalue weighted by molar-refractivity contribution is 6.01. The first-order chi connectivity index (χ1) is 23.1. The zero-order valence-corrected chi connectivity index (χ0v) is 25.8. The molecule has 2 fully saturated rings. The Kier molecular flexibility index (Phi) is 7.54. The predicted octanol–water partition coefficient (Wildman–Crippen LogP) is 5.15. The molecule has 1 unspecified atom stereocenters. The number of fused-ring (bicyclic) bond motifs is 2. The lowest BCUT2D eigenvalue weighted by Gasteiger charge is -2.36. The molecule has 10 heteroatoms. The van der Waals surface area contributed by atoms with E-state index >= 15 is 0 Å². The summed E-state index contributed by atoms with van der Waals surface area (Å²) in [6.45, 7) is 4.76.